The second-order valence-electron chi connectivity index (χ2n) is 24.9. The number of esters is 1. The standard InChI is InChI=1S/C72H141NO5/c1-3-5-7-9-11-13-15-17-40-44-48-52-56-60-64-70(75)69(68-74)73-71(76)65-61-57-53-49-45-41-38-36-34-32-30-28-26-24-22-20-19-21-23-25-27-29-31-33-35-37-39-43-47-51-55-59-63-67-78-72(77)66-62-58-54-50-46-42-18-16-14-12-10-8-6-4-2/h60,64,69-70,74-75H,3-59,61-63,65-68H2,1-2H3,(H,73,76)/b64-60+. The van der Waals surface area contributed by atoms with Crippen LogP contribution in [0.1, 0.15) is 412 Å². The van der Waals surface area contributed by atoms with Gasteiger partial charge in [-0.05, 0) is 32.1 Å². The Morgan fingerprint density at radius 1 is 0.346 bits per heavy atom. The normalized spacial score (nSPS) is 12.5. The lowest BCUT2D eigenvalue weighted by atomic mass is 10.0. The molecule has 0 aliphatic carbocycles. The average Bonchev–Trinajstić information content (AvgIpc) is 3.44. The van der Waals surface area contributed by atoms with Crippen LogP contribution in [0.2, 0.25) is 0 Å². The van der Waals surface area contributed by atoms with Gasteiger partial charge in [0.15, 0.2) is 0 Å². The van der Waals surface area contributed by atoms with E-state index in [0.29, 0.717) is 19.4 Å². The Hall–Kier alpha value is -1.40. The number of allylic oxidation sites excluding steroid dienone is 1. The molecule has 0 saturated carbocycles. The van der Waals surface area contributed by atoms with Crippen molar-refractivity contribution in [2.75, 3.05) is 13.2 Å². The molecule has 0 saturated heterocycles. The molecule has 0 aromatic heterocycles. The molecular weight excluding hydrogens is 959 g/mol. The summed E-state index contributed by atoms with van der Waals surface area (Å²) < 4.78 is 5.50. The van der Waals surface area contributed by atoms with Crippen LogP contribution in [-0.2, 0) is 14.3 Å². The van der Waals surface area contributed by atoms with Gasteiger partial charge >= 0.3 is 5.97 Å². The Morgan fingerprint density at radius 2 is 0.590 bits per heavy atom. The number of rotatable bonds is 68. The number of hydrogen-bond donors (Lipinski definition) is 3. The van der Waals surface area contributed by atoms with E-state index < -0.39 is 12.1 Å². The van der Waals surface area contributed by atoms with Crippen molar-refractivity contribution in [3.8, 4) is 0 Å². The lowest BCUT2D eigenvalue weighted by molar-refractivity contribution is -0.143. The molecule has 6 nitrogen and oxygen atoms in total. The number of hydrogen-bond acceptors (Lipinski definition) is 5. The summed E-state index contributed by atoms with van der Waals surface area (Å²) in [6, 6.07) is -0.623. The molecule has 0 aromatic rings. The SMILES string of the molecule is CCCCCCCCCCCCCC/C=C/C(O)C(CO)NC(=O)CCCCCCCCCCCCCCCCCCCCCCCCCCCCCCCCCCCOC(=O)CCCCCCCCCCCCCCCC. The van der Waals surface area contributed by atoms with Gasteiger partial charge in [0.05, 0.1) is 25.4 Å². The van der Waals surface area contributed by atoms with Crippen LogP contribution >= 0.6 is 0 Å². The number of ether oxygens (including phenoxy) is 1. The van der Waals surface area contributed by atoms with Crippen LogP contribution in [0, 0.1) is 0 Å². The van der Waals surface area contributed by atoms with Gasteiger partial charge in [-0.15, -0.1) is 0 Å². The van der Waals surface area contributed by atoms with E-state index in [0.717, 1.165) is 38.5 Å². The summed E-state index contributed by atoms with van der Waals surface area (Å²) >= 11 is 0. The molecular formula is C72H141NO5. The van der Waals surface area contributed by atoms with Crippen molar-refractivity contribution in [1.29, 1.82) is 0 Å². The third-order valence-corrected chi connectivity index (χ3v) is 17.1. The Bertz CT molecular complexity index is 1180. The molecule has 0 radical (unpaired) electrons. The molecule has 0 aromatic carbocycles. The molecule has 0 rings (SSSR count). The summed E-state index contributed by atoms with van der Waals surface area (Å²) in [7, 11) is 0. The third kappa shape index (κ3) is 63.8. The Labute approximate surface area is 489 Å². The van der Waals surface area contributed by atoms with E-state index in [1.165, 1.54) is 347 Å². The van der Waals surface area contributed by atoms with Crippen molar-refractivity contribution in [3.63, 3.8) is 0 Å². The lowest BCUT2D eigenvalue weighted by Crippen LogP contribution is -2.45. The molecule has 0 fully saturated rings. The lowest BCUT2D eigenvalue weighted by Gasteiger charge is -2.20. The van der Waals surface area contributed by atoms with Crippen molar-refractivity contribution in [1.82, 2.24) is 5.32 Å². The van der Waals surface area contributed by atoms with Gasteiger partial charge in [0, 0.05) is 12.8 Å². The average molecular weight is 1100 g/mol. The summed E-state index contributed by atoms with van der Waals surface area (Å²) in [6.07, 6.45) is 84.5. The van der Waals surface area contributed by atoms with Gasteiger partial charge in [0.25, 0.3) is 0 Å². The maximum atomic E-state index is 12.5. The van der Waals surface area contributed by atoms with Gasteiger partial charge in [0.1, 0.15) is 0 Å². The number of carbonyl (C=O) groups excluding carboxylic acids is 2. The molecule has 3 N–H and O–H groups in total. The van der Waals surface area contributed by atoms with Gasteiger partial charge in [-0.2, -0.15) is 0 Å². The van der Waals surface area contributed by atoms with Crippen LogP contribution in [0.15, 0.2) is 12.2 Å². The Morgan fingerprint density at radius 3 is 0.872 bits per heavy atom. The number of amides is 1. The van der Waals surface area contributed by atoms with Crippen LogP contribution in [-0.4, -0.2) is 47.4 Å². The second-order valence-corrected chi connectivity index (χ2v) is 24.9. The monoisotopic (exact) mass is 1100 g/mol. The van der Waals surface area contributed by atoms with E-state index in [1.54, 1.807) is 6.08 Å². The van der Waals surface area contributed by atoms with E-state index in [-0.39, 0.29) is 18.5 Å². The smallest absolute Gasteiger partial charge is 0.305 e. The zero-order valence-corrected chi connectivity index (χ0v) is 53.2. The minimum absolute atomic E-state index is 0.0246. The fourth-order valence-corrected chi connectivity index (χ4v) is 11.6. The van der Waals surface area contributed by atoms with E-state index >= 15 is 0 Å². The predicted octanol–water partition coefficient (Wildman–Crippen LogP) is 23.1. The highest BCUT2D eigenvalue weighted by Gasteiger charge is 2.18. The molecule has 2 unspecified atom stereocenters. The van der Waals surface area contributed by atoms with Crippen molar-refractivity contribution in [2.24, 2.45) is 0 Å². The molecule has 2 atom stereocenters. The molecule has 0 spiro atoms. The fraction of sp³-hybridized carbons (Fsp3) is 0.944. The maximum absolute atomic E-state index is 12.5. The van der Waals surface area contributed by atoms with Crippen molar-refractivity contribution < 1.29 is 24.5 Å². The summed E-state index contributed by atoms with van der Waals surface area (Å²) in [5.74, 6) is -0.0360. The molecule has 0 aliphatic heterocycles. The largest absolute Gasteiger partial charge is 0.466 e. The van der Waals surface area contributed by atoms with Crippen LogP contribution in [0.3, 0.4) is 0 Å². The molecule has 6 heteroatoms. The second kappa shape index (κ2) is 68.1. The first-order valence-electron chi connectivity index (χ1n) is 36.0. The Kier molecular flexibility index (Phi) is 66.9. The minimum Gasteiger partial charge on any atom is -0.466 e. The number of nitrogens with one attached hydrogen (secondary N) is 1. The fourth-order valence-electron chi connectivity index (χ4n) is 11.6. The van der Waals surface area contributed by atoms with E-state index in [2.05, 4.69) is 19.2 Å². The molecule has 0 bridgehead atoms. The quantitative estimate of drug-likeness (QED) is 0.0320. The van der Waals surface area contributed by atoms with Gasteiger partial charge < -0.3 is 20.3 Å². The minimum atomic E-state index is -0.840. The summed E-state index contributed by atoms with van der Waals surface area (Å²) in [6.45, 7) is 4.94. The number of carbonyl (C=O) groups is 2. The predicted molar refractivity (Wildman–Crippen MR) is 343 cm³/mol. The van der Waals surface area contributed by atoms with Crippen molar-refractivity contribution in [3.05, 3.63) is 12.2 Å². The van der Waals surface area contributed by atoms with Gasteiger partial charge in [-0.25, -0.2) is 0 Å². The van der Waals surface area contributed by atoms with E-state index in [4.69, 9.17) is 4.74 Å². The van der Waals surface area contributed by atoms with Crippen LogP contribution in [0.4, 0.5) is 0 Å². The maximum Gasteiger partial charge on any atom is 0.305 e. The highest BCUT2D eigenvalue weighted by Crippen LogP contribution is 2.19. The van der Waals surface area contributed by atoms with E-state index in [1.807, 2.05) is 6.08 Å². The first-order valence-corrected chi connectivity index (χ1v) is 36.0. The van der Waals surface area contributed by atoms with Crippen molar-refractivity contribution >= 4 is 11.9 Å². The highest BCUT2D eigenvalue weighted by atomic mass is 16.5. The molecule has 0 aliphatic rings. The third-order valence-electron chi connectivity index (χ3n) is 17.1. The topological polar surface area (TPSA) is 95.9 Å². The number of aliphatic hydroxyl groups is 2. The first-order chi connectivity index (χ1) is 38.5. The van der Waals surface area contributed by atoms with Gasteiger partial charge in [-0.3, -0.25) is 9.59 Å². The summed E-state index contributed by atoms with van der Waals surface area (Å²) in [5, 5.41) is 23.1. The highest BCUT2D eigenvalue weighted by molar-refractivity contribution is 5.76. The van der Waals surface area contributed by atoms with Gasteiger partial charge in [0.2, 0.25) is 5.91 Å². The summed E-state index contributed by atoms with van der Waals surface area (Å²) in [5.41, 5.74) is 0. The van der Waals surface area contributed by atoms with Crippen LogP contribution in [0.25, 0.3) is 0 Å². The molecule has 1 amide bonds. The zero-order chi connectivity index (χ0) is 56.4. The molecule has 464 valence electrons. The number of unbranched alkanes of at least 4 members (excludes halogenated alkanes) is 57. The molecule has 78 heavy (non-hydrogen) atoms. The zero-order valence-electron chi connectivity index (χ0n) is 53.2. The first kappa shape index (κ1) is 76.6. The van der Waals surface area contributed by atoms with Crippen LogP contribution in [0.5, 0.6) is 0 Å². The van der Waals surface area contributed by atoms with Gasteiger partial charge in [-0.1, -0.05) is 379 Å². The summed E-state index contributed by atoms with van der Waals surface area (Å²) in [4.78, 5) is 24.5. The molecule has 0 heterocycles. The van der Waals surface area contributed by atoms with Crippen molar-refractivity contribution in [2.45, 2.75) is 424 Å². The number of aliphatic hydroxyl groups excluding tert-OH is 2. The van der Waals surface area contributed by atoms with E-state index in [9.17, 15) is 19.8 Å². The Balaban J connectivity index is 3.31. The van der Waals surface area contributed by atoms with Crippen LogP contribution < -0.4 is 5.32 Å².